The molecule has 0 spiro atoms. The third-order valence-electron chi connectivity index (χ3n) is 3.56. The van der Waals surface area contributed by atoms with Crippen LogP contribution in [0.1, 0.15) is 32.8 Å². The van der Waals surface area contributed by atoms with Crippen LogP contribution in [0.2, 0.25) is 0 Å². The summed E-state index contributed by atoms with van der Waals surface area (Å²) in [6, 6.07) is 8.48. The second kappa shape index (κ2) is 8.20. The Labute approximate surface area is 142 Å². The van der Waals surface area contributed by atoms with E-state index >= 15 is 0 Å². The highest BCUT2D eigenvalue weighted by Gasteiger charge is 2.13. The number of hydrogen-bond acceptors (Lipinski definition) is 3. The Morgan fingerprint density at radius 1 is 1.26 bits per heavy atom. The first-order valence-electron chi connectivity index (χ1n) is 7.91. The molecule has 4 nitrogen and oxygen atoms in total. The molecule has 1 heterocycles. The molecule has 0 atom stereocenters. The van der Waals surface area contributed by atoms with Crippen LogP contribution in [0.25, 0.3) is 0 Å². The van der Waals surface area contributed by atoms with Gasteiger partial charge in [0, 0.05) is 30.4 Å². The van der Waals surface area contributed by atoms with E-state index in [1.165, 1.54) is 5.56 Å². The van der Waals surface area contributed by atoms with Gasteiger partial charge in [-0.3, -0.25) is 4.79 Å². The number of carbonyl (C=O) groups excluding carboxylic acids is 1. The fourth-order valence-electron chi connectivity index (χ4n) is 2.16. The summed E-state index contributed by atoms with van der Waals surface area (Å²) >= 11 is 1.58. The molecule has 0 bridgehead atoms. The Morgan fingerprint density at radius 3 is 2.61 bits per heavy atom. The van der Waals surface area contributed by atoms with Crippen molar-refractivity contribution in [1.82, 2.24) is 14.9 Å². The highest BCUT2D eigenvalue weighted by molar-refractivity contribution is 8.00. The monoisotopic (exact) mass is 331 g/mol. The molecule has 0 aliphatic rings. The van der Waals surface area contributed by atoms with E-state index in [0.29, 0.717) is 12.3 Å². The van der Waals surface area contributed by atoms with Gasteiger partial charge in [-0.1, -0.05) is 32.9 Å². The van der Waals surface area contributed by atoms with Gasteiger partial charge in [0.05, 0.1) is 12.1 Å². The molecule has 0 aliphatic heterocycles. The molecule has 0 saturated carbocycles. The Hall–Kier alpha value is -1.75. The minimum absolute atomic E-state index is 0.0838. The number of carbonyl (C=O) groups is 1. The lowest BCUT2D eigenvalue weighted by molar-refractivity contribution is -0.118. The molecule has 23 heavy (non-hydrogen) atoms. The average molecular weight is 331 g/mol. The summed E-state index contributed by atoms with van der Waals surface area (Å²) < 4.78 is 2.01. The first kappa shape index (κ1) is 17.6. The zero-order valence-electron chi connectivity index (χ0n) is 14.1. The third-order valence-corrected chi connectivity index (χ3v) is 4.58. The number of thioether (sulfide) groups is 1. The van der Waals surface area contributed by atoms with E-state index in [0.717, 1.165) is 17.9 Å². The fraction of sp³-hybridized carbons (Fsp3) is 0.444. The summed E-state index contributed by atoms with van der Waals surface area (Å²) in [4.78, 5) is 17.0. The molecule has 1 amide bonds. The van der Waals surface area contributed by atoms with E-state index in [4.69, 9.17) is 0 Å². The predicted octanol–water partition coefficient (Wildman–Crippen LogP) is 3.48. The van der Waals surface area contributed by atoms with Gasteiger partial charge in [0.25, 0.3) is 0 Å². The lowest BCUT2D eigenvalue weighted by atomic mass is 9.87. The zero-order valence-corrected chi connectivity index (χ0v) is 14.9. The van der Waals surface area contributed by atoms with Gasteiger partial charge in [-0.05, 0) is 29.5 Å². The van der Waals surface area contributed by atoms with Gasteiger partial charge >= 0.3 is 0 Å². The van der Waals surface area contributed by atoms with Crippen molar-refractivity contribution in [3.05, 3.63) is 48.5 Å². The number of amides is 1. The molecular formula is C18H25N3OS. The quantitative estimate of drug-likeness (QED) is 0.624. The maximum Gasteiger partial charge on any atom is 0.230 e. The largest absolute Gasteiger partial charge is 0.355 e. The van der Waals surface area contributed by atoms with Gasteiger partial charge in [0.15, 0.2) is 0 Å². The standard InChI is InChI=1S/C18H25N3OS/c1-18(2,3)15-5-7-16(8-6-15)23-13-17(22)20-9-4-11-21-12-10-19-14-21/h5-8,10,12,14H,4,9,11,13H2,1-3H3,(H,20,22). The second-order valence-corrected chi connectivity index (χ2v) is 7.62. The highest BCUT2D eigenvalue weighted by atomic mass is 32.2. The fourth-order valence-corrected chi connectivity index (χ4v) is 2.89. The molecule has 2 aromatic rings. The van der Waals surface area contributed by atoms with Crippen molar-refractivity contribution < 1.29 is 4.79 Å². The zero-order chi connectivity index (χ0) is 16.7. The van der Waals surface area contributed by atoms with Crippen LogP contribution in [-0.2, 0) is 16.8 Å². The van der Waals surface area contributed by atoms with Gasteiger partial charge in [-0.15, -0.1) is 11.8 Å². The van der Waals surface area contributed by atoms with Gasteiger partial charge < -0.3 is 9.88 Å². The summed E-state index contributed by atoms with van der Waals surface area (Å²) in [6.45, 7) is 8.17. The van der Waals surface area contributed by atoms with Crippen LogP contribution in [0.15, 0.2) is 47.9 Å². The van der Waals surface area contributed by atoms with Crippen molar-refractivity contribution in [2.24, 2.45) is 0 Å². The summed E-state index contributed by atoms with van der Waals surface area (Å²) in [5, 5.41) is 2.96. The minimum Gasteiger partial charge on any atom is -0.355 e. The number of imidazole rings is 1. The Morgan fingerprint density at radius 2 is 2.00 bits per heavy atom. The molecule has 0 saturated heterocycles. The van der Waals surface area contributed by atoms with Crippen molar-refractivity contribution in [1.29, 1.82) is 0 Å². The molecule has 1 aromatic carbocycles. The van der Waals surface area contributed by atoms with E-state index < -0.39 is 0 Å². The first-order valence-corrected chi connectivity index (χ1v) is 8.89. The van der Waals surface area contributed by atoms with E-state index in [1.54, 1.807) is 24.3 Å². The summed E-state index contributed by atoms with van der Waals surface area (Å²) in [6.07, 6.45) is 6.39. The molecule has 0 fully saturated rings. The van der Waals surface area contributed by atoms with Gasteiger partial charge in [-0.25, -0.2) is 4.98 Å². The van der Waals surface area contributed by atoms with Crippen LogP contribution in [0.4, 0.5) is 0 Å². The van der Waals surface area contributed by atoms with Crippen LogP contribution >= 0.6 is 11.8 Å². The number of aryl methyl sites for hydroxylation is 1. The minimum atomic E-state index is 0.0838. The predicted molar refractivity (Wildman–Crippen MR) is 95.7 cm³/mol. The lowest BCUT2D eigenvalue weighted by Gasteiger charge is -2.19. The number of hydrogen-bond donors (Lipinski definition) is 1. The van der Waals surface area contributed by atoms with Crippen LogP contribution < -0.4 is 5.32 Å². The van der Waals surface area contributed by atoms with E-state index in [9.17, 15) is 4.79 Å². The highest BCUT2D eigenvalue weighted by Crippen LogP contribution is 2.25. The van der Waals surface area contributed by atoms with E-state index in [1.807, 2.05) is 10.8 Å². The molecule has 124 valence electrons. The van der Waals surface area contributed by atoms with Gasteiger partial charge in [0.1, 0.15) is 0 Å². The first-order chi connectivity index (χ1) is 10.9. The van der Waals surface area contributed by atoms with Gasteiger partial charge in [0.2, 0.25) is 5.91 Å². The molecule has 1 aromatic heterocycles. The molecule has 2 rings (SSSR count). The maximum atomic E-state index is 11.9. The topological polar surface area (TPSA) is 46.9 Å². The van der Waals surface area contributed by atoms with Crippen molar-refractivity contribution in [2.45, 2.75) is 44.0 Å². The molecule has 5 heteroatoms. The van der Waals surface area contributed by atoms with E-state index in [2.05, 4.69) is 55.3 Å². The number of nitrogens with one attached hydrogen (secondary N) is 1. The Balaban J connectivity index is 1.66. The summed E-state index contributed by atoms with van der Waals surface area (Å²) in [5.41, 5.74) is 1.47. The number of rotatable bonds is 7. The summed E-state index contributed by atoms with van der Waals surface area (Å²) in [5.74, 6) is 0.542. The van der Waals surface area contributed by atoms with Crippen LogP contribution in [0.5, 0.6) is 0 Å². The third kappa shape index (κ3) is 6.10. The van der Waals surface area contributed by atoms with Crippen molar-refractivity contribution in [3.8, 4) is 0 Å². The maximum absolute atomic E-state index is 11.9. The molecule has 0 unspecified atom stereocenters. The average Bonchev–Trinajstić information content (AvgIpc) is 3.02. The van der Waals surface area contributed by atoms with Crippen molar-refractivity contribution in [3.63, 3.8) is 0 Å². The molecule has 0 radical (unpaired) electrons. The van der Waals surface area contributed by atoms with Crippen molar-refractivity contribution >= 4 is 17.7 Å². The van der Waals surface area contributed by atoms with Gasteiger partial charge in [-0.2, -0.15) is 0 Å². The van der Waals surface area contributed by atoms with Crippen molar-refractivity contribution in [2.75, 3.05) is 12.3 Å². The Kier molecular flexibility index (Phi) is 6.28. The van der Waals surface area contributed by atoms with E-state index in [-0.39, 0.29) is 11.3 Å². The normalized spacial score (nSPS) is 11.4. The number of benzene rings is 1. The van der Waals surface area contributed by atoms with Crippen LogP contribution in [0, 0.1) is 0 Å². The molecular weight excluding hydrogens is 306 g/mol. The number of aromatic nitrogens is 2. The second-order valence-electron chi connectivity index (χ2n) is 6.57. The Bertz CT molecular complexity index is 600. The van der Waals surface area contributed by atoms with Crippen LogP contribution in [-0.4, -0.2) is 27.8 Å². The molecule has 1 N–H and O–H groups in total. The SMILES string of the molecule is CC(C)(C)c1ccc(SCC(=O)NCCCn2ccnc2)cc1. The smallest absolute Gasteiger partial charge is 0.230 e. The number of nitrogens with zero attached hydrogens (tertiary/aromatic N) is 2. The summed E-state index contributed by atoms with van der Waals surface area (Å²) in [7, 11) is 0. The molecule has 0 aliphatic carbocycles. The van der Waals surface area contributed by atoms with Crippen LogP contribution in [0.3, 0.4) is 0 Å². The lowest BCUT2D eigenvalue weighted by Crippen LogP contribution is -2.26.